The summed E-state index contributed by atoms with van der Waals surface area (Å²) in [6, 6.07) is 17.5. The molecule has 3 rings (SSSR count). The molecule has 0 N–H and O–H groups in total. The smallest absolute Gasteiger partial charge is 0.0458 e. The van der Waals surface area contributed by atoms with Crippen LogP contribution in [0.1, 0.15) is 39.7 Å². The normalized spacial score (nSPS) is 13.6. The zero-order valence-electron chi connectivity index (χ0n) is 18.4. The molecular weight excluding hydrogens is 350 g/mol. The summed E-state index contributed by atoms with van der Waals surface area (Å²) < 4.78 is 0. The van der Waals surface area contributed by atoms with Gasteiger partial charge in [-0.2, -0.15) is 0 Å². The quantitative estimate of drug-likeness (QED) is 0.469. The predicted octanol–water partition coefficient (Wildman–Crippen LogP) is 8.37. The van der Waals surface area contributed by atoms with Crippen LogP contribution in [0.4, 0.5) is 5.69 Å². The number of aryl methyl sites for hydroxylation is 1. The van der Waals surface area contributed by atoms with Gasteiger partial charge in [0.1, 0.15) is 0 Å². The Morgan fingerprint density at radius 1 is 0.828 bits per heavy atom. The van der Waals surface area contributed by atoms with Crippen molar-refractivity contribution in [2.45, 2.75) is 41.0 Å². The van der Waals surface area contributed by atoms with Crippen LogP contribution >= 0.6 is 0 Å². The number of rotatable bonds is 5. The van der Waals surface area contributed by atoms with E-state index in [2.05, 4.69) is 123 Å². The number of hydrogen-bond acceptors (Lipinski definition) is 1. The molecule has 0 fully saturated rings. The van der Waals surface area contributed by atoms with E-state index in [4.69, 9.17) is 0 Å². The van der Waals surface area contributed by atoms with Crippen LogP contribution in [0, 0.1) is 6.92 Å². The molecule has 0 aliphatic heterocycles. The molecule has 1 aliphatic rings. The van der Waals surface area contributed by atoms with Gasteiger partial charge in [-0.15, -0.1) is 0 Å². The number of anilines is 1. The van der Waals surface area contributed by atoms with E-state index in [0.29, 0.717) is 0 Å². The van der Waals surface area contributed by atoms with Crippen molar-refractivity contribution >= 4 is 5.69 Å². The summed E-state index contributed by atoms with van der Waals surface area (Å²) in [6.45, 7) is 10.3. The highest BCUT2D eigenvalue weighted by molar-refractivity contribution is 5.69. The molecule has 0 bridgehead atoms. The molecule has 0 amide bonds. The second kappa shape index (κ2) is 11.7. The third-order valence-corrected chi connectivity index (χ3v) is 4.66. The molecular formula is C28H33N. The molecule has 1 heteroatoms. The van der Waals surface area contributed by atoms with Gasteiger partial charge in [0.05, 0.1) is 0 Å². The van der Waals surface area contributed by atoms with Gasteiger partial charge in [0.25, 0.3) is 0 Å². The Morgan fingerprint density at radius 3 is 2.03 bits per heavy atom. The fourth-order valence-electron chi connectivity index (χ4n) is 3.23. The molecule has 2 aromatic rings. The third kappa shape index (κ3) is 5.96. The van der Waals surface area contributed by atoms with Crippen molar-refractivity contribution in [3.05, 3.63) is 114 Å². The van der Waals surface area contributed by atoms with Crippen molar-refractivity contribution in [2.24, 2.45) is 0 Å². The molecule has 0 radical (unpaired) electrons. The van der Waals surface area contributed by atoms with Crippen LogP contribution < -0.4 is 4.90 Å². The Balaban J connectivity index is 0.00000145. The number of hydrogen-bond donors (Lipinski definition) is 0. The van der Waals surface area contributed by atoms with Crippen molar-refractivity contribution in [2.75, 3.05) is 4.90 Å². The lowest BCUT2D eigenvalue weighted by atomic mass is 10.0. The summed E-state index contributed by atoms with van der Waals surface area (Å²) in [5.41, 5.74) is 7.38. The monoisotopic (exact) mass is 383 g/mol. The molecule has 0 heterocycles. The van der Waals surface area contributed by atoms with Gasteiger partial charge in [0.15, 0.2) is 0 Å². The Hall–Kier alpha value is -3.06. The van der Waals surface area contributed by atoms with E-state index in [-0.39, 0.29) is 0 Å². The van der Waals surface area contributed by atoms with Gasteiger partial charge in [-0.1, -0.05) is 92.3 Å². The lowest BCUT2D eigenvalue weighted by molar-refractivity contribution is 1.03. The summed E-state index contributed by atoms with van der Waals surface area (Å²) in [5, 5.41) is 0. The molecule has 0 saturated carbocycles. The highest BCUT2D eigenvalue weighted by Crippen LogP contribution is 2.30. The minimum Gasteiger partial charge on any atom is -0.314 e. The van der Waals surface area contributed by atoms with E-state index in [0.717, 1.165) is 6.42 Å². The highest BCUT2D eigenvalue weighted by atomic mass is 15.2. The van der Waals surface area contributed by atoms with Crippen molar-refractivity contribution in [3.63, 3.8) is 0 Å². The highest BCUT2D eigenvalue weighted by Gasteiger charge is 2.14. The average Bonchev–Trinajstić information content (AvgIpc) is 3.05. The second-order valence-corrected chi connectivity index (χ2v) is 6.64. The molecule has 29 heavy (non-hydrogen) atoms. The van der Waals surface area contributed by atoms with Crippen molar-refractivity contribution in [1.29, 1.82) is 0 Å². The first-order valence-corrected chi connectivity index (χ1v) is 10.5. The van der Waals surface area contributed by atoms with Gasteiger partial charge < -0.3 is 4.90 Å². The molecule has 0 aromatic heterocycles. The van der Waals surface area contributed by atoms with E-state index in [1.165, 1.54) is 33.8 Å². The molecule has 0 saturated heterocycles. The Morgan fingerprint density at radius 2 is 1.45 bits per heavy atom. The second-order valence-electron chi connectivity index (χ2n) is 6.64. The van der Waals surface area contributed by atoms with E-state index in [1.807, 2.05) is 13.8 Å². The molecule has 150 valence electrons. The van der Waals surface area contributed by atoms with Gasteiger partial charge >= 0.3 is 0 Å². The Kier molecular flexibility index (Phi) is 8.98. The molecule has 2 aromatic carbocycles. The number of allylic oxidation sites excluding steroid dienone is 8. The molecule has 0 spiro atoms. The maximum absolute atomic E-state index is 2.33. The lowest BCUT2D eigenvalue weighted by Gasteiger charge is -2.28. The zero-order valence-corrected chi connectivity index (χ0v) is 18.4. The Bertz CT molecular complexity index is 904. The first kappa shape index (κ1) is 22.2. The first-order chi connectivity index (χ1) is 14.2. The maximum atomic E-state index is 2.33. The minimum atomic E-state index is 0.904. The summed E-state index contributed by atoms with van der Waals surface area (Å²) in [5.74, 6) is 0. The van der Waals surface area contributed by atoms with Gasteiger partial charge in [-0.25, -0.2) is 0 Å². The summed E-state index contributed by atoms with van der Waals surface area (Å²) in [4.78, 5) is 2.33. The minimum absolute atomic E-state index is 0.904. The summed E-state index contributed by atoms with van der Waals surface area (Å²) in [6.07, 6.45) is 18.0. The van der Waals surface area contributed by atoms with Crippen molar-refractivity contribution in [3.8, 4) is 11.1 Å². The predicted molar refractivity (Wildman–Crippen MR) is 130 cm³/mol. The van der Waals surface area contributed by atoms with E-state index in [9.17, 15) is 0 Å². The summed E-state index contributed by atoms with van der Waals surface area (Å²) >= 11 is 0. The van der Waals surface area contributed by atoms with Gasteiger partial charge in [-0.05, 0) is 56.2 Å². The number of benzene rings is 2. The van der Waals surface area contributed by atoms with Crippen LogP contribution in [-0.2, 0) is 0 Å². The third-order valence-electron chi connectivity index (χ3n) is 4.66. The molecule has 0 atom stereocenters. The van der Waals surface area contributed by atoms with Gasteiger partial charge in [-0.3, -0.25) is 0 Å². The fraction of sp³-hybridized carbons (Fsp3) is 0.214. The SMILES string of the molecule is C/C=C\C(=C/C)N(C1=CC=CC=CC1)c1ccc(-c2ccc(C)cc2)cc1.CC. The van der Waals surface area contributed by atoms with E-state index < -0.39 is 0 Å². The molecule has 1 aliphatic carbocycles. The maximum Gasteiger partial charge on any atom is 0.0458 e. The van der Waals surface area contributed by atoms with Crippen LogP contribution in [0.5, 0.6) is 0 Å². The van der Waals surface area contributed by atoms with E-state index in [1.54, 1.807) is 0 Å². The molecule has 1 nitrogen and oxygen atoms in total. The lowest BCUT2D eigenvalue weighted by Crippen LogP contribution is -2.20. The number of nitrogens with zero attached hydrogens (tertiary/aromatic N) is 1. The fourth-order valence-corrected chi connectivity index (χ4v) is 3.23. The van der Waals surface area contributed by atoms with Crippen LogP contribution in [0.2, 0.25) is 0 Å². The largest absolute Gasteiger partial charge is 0.314 e. The van der Waals surface area contributed by atoms with Crippen LogP contribution in [0.25, 0.3) is 11.1 Å². The van der Waals surface area contributed by atoms with Gasteiger partial charge in [0, 0.05) is 23.5 Å². The topological polar surface area (TPSA) is 3.24 Å². The van der Waals surface area contributed by atoms with Crippen molar-refractivity contribution < 1.29 is 0 Å². The van der Waals surface area contributed by atoms with E-state index >= 15 is 0 Å². The average molecular weight is 384 g/mol. The standard InChI is InChI=1S/C26H27N.C2H6/c1-4-10-24(5-2)27(25-11-8-6-7-9-12-25)26-19-17-23(18-20-26)22-15-13-21(3)14-16-22;1-2/h4-11,13-20H,12H2,1-3H3;1-2H3/b10-4-,24-5+;. The first-order valence-electron chi connectivity index (χ1n) is 10.5. The van der Waals surface area contributed by atoms with Gasteiger partial charge in [0.2, 0.25) is 0 Å². The molecule has 0 unspecified atom stereocenters. The Labute approximate surface area is 177 Å². The summed E-state index contributed by atoms with van der Waals surface area (Å²) in [7, 11) is 0. The van der Waals surface area contributed by atoms with Crippen LogP contribution in [0.15, 0.2) is 109 Å². The van der Waals surface area contributed by atoms with Crippen molar-refractivity contribution in [1.82, 2.24) is 0 Å². The zero-order chi connectivity index (χ0) is 21.1. The van der Waals surface area contributed by atoms with Crippen LogP contribution in [-0.4, -0.2) is 0 Å². The van der Waals surface area contributed by atoms with Crippen LogP contribution in [0.3, 0.4) is 0 Å².